The standard InChI is InChI=1S/C30H28N4O7S3/c1-38-20-5-3-18(13-22(20)39-2)15-24-27(36)31-29(43-24)33-11-9-32(10-12-33)26(35)7-8-34-28(37)25(44-30(34)42)16-19-4-6-21-23(14-19)41-17-40-21/h3-6,13-16H,7-12,17H2,1-2H3/b24-15+,25-16-. The van der Waals surface area contributed by atoms with Crippen molar-refractivity contribution in [3.05, 3.63) is 57.3 Å². The summed E-state index contributed by atoms with van der Waals surface area (Å²) in [4.78, 5) is 49.3. The highest BCUT2D eigenvalue weighted by molar-refractivity contribution is 8.26. The van der Waals surface area contributed by atoms with Gasteiger partial charge in [0.15, 0.2) is 28.2 Å². The van der Waals surface area contributed by atoms with E-state index >= 15 is 0 Å². The molecule has 11 nitrogen and oxygen atoms in total. The van der Waals surface area contributed by atoms with Crippen molar-refractivity contribution in [1.82, 2.24) is 14.7 Å². The number of methoxy groups -OCH3 is 2. The van der Waals surface area contributed by atoms with Crippen LogP contribution >= 0.6 is 35.7 Å². The third-order valence-electron chi connectivity index (χ3n) is 7.33. The van der Waals surface area contributed by atoms with Gasteiger partial charge in [-0.3, -0.25) is 19.3 Å². The van der Waals surface area contributed by atoms with Crippen LogP contribution in [0.3, 0.4) is 0 Å². The number of aliphatic imine (C=N–C) groups is 1. The number of hydrogen-bond acceptors (Lipinski definition) is 11. The van der Waals surface area contributed by atoms with E-state index in [2.05, 4.69) is 4.99 Å². The largest absolute Gasteiger partial charge is 0.493 e. The van der Waals surface area contributed by atoms with Crippen LogP contribution < -0.4 is 18.9 Å². The van der Waals surface area contributed by atoms with Gasteiger partial charge in [0.25, 0.3) is 11.8 Å². The van der Waals surface area contributed by atoms with Crippen LogP contribution in [0.5, 0.6) is 23.0 Å². The molecule has 4 aliphatic heterocycles. The molecule has 0 radical (unpaired) electrons. The van der Waals surface area contributed by atoms with Gasteiger partial charge in [-0.15, -0.1) is 0 Å². The van der Waals surface area contributed by atoms with Gasteiger partial charge in [0, 0.05) is 39.1 Å². The number of hydrogen-bond donors (Lipinski definition) is 0. The fourth-order valence-electron chi connectivity index (χ4n) is 4.99. The van der Waals surface area contributed by atoms with E-state index in [1.165, 1.54) is 28.4 Å². The number of ether oxygens (including phenoxy) is 4. The Morgan fingerprint density at radius 3 is 2.41 bits per heavy atom. The molecule has 0 bridgehead atoms. The van der Waals surface area contributed by atoms with Crippen molar-refractivity contribution >= 4 is 75.1 Å². The number of benzene rings is 2. The Morgan fingerprint density at radius 2 is 1.64 bits per heavy atom. The number of carbonyl (C=O) groups is 3. The van der Waals surface area contributed by atoms with Gasteiger partial charge in [-0.05, 0) is 59.3 Å². The molecule has 0 spiro atoms. The maximum atomic E-state index is 13.1. The van der Waals surface area contributed by atoms with Gasteiger partial charge in [-0.2, -0.15) is 4.99 Å². The lowest BCUT2D eigenvalue weighted by molar-refractivity contribution is -0.133. The van der Waals surface area contributed by atoms with Gasteiger partial charge in [-0.25, -0.2) is 0 Å². The number of nitrogens with zero attached hydrogens (tertiary/aromatic N) is 4. The number of thioether (sulfide) groups is 2. The summed E-state index contributed by atoms with van der Waals surface area (Å²) in [5.74, 6) is 1.93. The van der Waals surface area contributed by atoms with Gasteiger partial charge in [0.05, 0.1) is 24.0 Å². The molecule has 44 heavy (non-hydrogen) atoms. The Labute approximate surface area is 267 Å². The van der Waals surface area contributed by atoms with Crippen LogP contribution in [0, 0.1) is 0 Å². The summed E-state index contributed by atoms with van der Waals surface area (Å²) < 4.78 is 21.8. The van der Waals surface area contributed by atoms with Gasteiger partial charge in [0.1, 0.15) is 4.32 Å². The van der Waals surface area contributed by atoms with Crippen LogP contribution in [0.15, 0.2) is 51.2 Å². The molecule has 0 unspecified atom stereocenters. The fraction of sp³-hybridized carbons (Fsp3) is 0.300. The summed E-state index contributed by atoms with van der Waals surface area (Å²) in [5.41, 5.74) is 1.61. The summed E-state index contributed by atoms with van der Waals surface area (Å²) in [6, 6.07) is 10.9. The molecule has 2 fully saturated rings. The zero-order valence-corrected chi connectivity index (χ0v) is 26.4. The molecular formula is C30H28N4O7S3. The molecule has 3 amide bonds. The maximum Gasteiger partial charge on any atom is 0.286 e. The van der Waals surface area contributed by atoms with Crippen molar-refractivity contribution in [3.8, 4) is 23.0 Å². The molecular weight excluding hydrogens is 625 g/mol. The average Bonchev–Trinajstić information content (AvgIpc) is 3.73. The predicted molar refractivity (Wildman–Crippen MR) is 173 cm³/mol. The number of carbonyl (C=O) groups excluding carboxylic acids is 3. The van der Waals surface area contributed by atoms with Gasteiger partial charge >= 0.3 is 0 Å². The predicted octanol–water partition coefficient (Wildman–Crippen LogP) is 3.84. The molecule has 4 heterocycles. The highest BCUT2D eigenvalue weighted by Gasteiger charge is 2.34. The molecule has 6 rings (SSSR count). The van der Waals surface area contributed by atoms with Crippen molar-refractivity contribution in [2.75, 3.05) is 53.7 Å². The smallest absolute Gasteiger partial charge is 0.286 e. The first-order valence-corrected chi connectivity index (χ1v) is 15.8. The van der Waals surface area contributed by atoms with E-state index in [-0.39, 0.29) is 37.5 Å². The number of amides is 3. The van der Waals surface area contributed by atoms with E-state index in [0.29, 0.717) is 68.5 Å². The lowest BCUT2D eigenvalue weighted by Gasteiger charge is -2.35. The quantitative estimate of drug-likeness (QED) is 0.322. The zero-order valence-electron chi connectivity index (χ0n) is 23.9. The molecule has 0 saturated carbocycles. The molecule has 228 valence electrons. The minimum Gasteiger partial charge on any atom is -0.493 e. The number of piperazine rings is 1. The fourth-order valence-corrected chi connectivity index (χ4v) is 7.26. The highest BCUT2D eigenvalue weighted by Crippen LogP contribution is 2.37. The van der Waals surface area contributed by atoms with Gasteiger partial charge in [0.2, 0.25) is 12.7 Å². The maximum absolute atomic E-state index is 13.1. The summed E-state index contributed by atoms with van der Waals surface area (Å²) in [7, 11) is 3.13. The van der Waals surface area contributed by atoms with Crippen LogP contribution in [-0.4, -0.2) is 95.6 Å². The molecule has 14 heteroatoms. The Kier molecular flexibility index (Phi) is 8.82. The first-order chi connectivity index (χ1) is 21.3. The van der Waals surface area contributed by atoms with Crippen LogP contribution in [0.4, 0.5) is 0 Å². The third kappa shape index (κ3) is 6.28. The van der Waals surface area contributed by atoms with Crippen molar-refractivity contribution < 1.29 is 33.3 Å². The molecule has 2 aromatic rings. The number of thiocarbonyl (C=S) groups is 1. The zero-order chi connectivity index (χ0) is 30.8. The minimum absolute atomic E-state index is 0.0513. The van der Waals surface area contributed by atoms with Crippen LogP contribution in [0.25, 0.3) is 12.2 Å². The van der Waals surface area contributed by atoms with E-state index in [9.17, 15) is 14.4 Å². The summed E-state index contributed by atoms with van der Waals surface area (Å²) in [6.07, 6.45) is 3.71. The second kappa shape index (κ2) is 12.9. The summed E-state index contributed by atoms with van der Waals surface area (Å²) in [5, 5.41) is 0.626. The van der Waals surface area contributed by atoms with Gasteiger partial charge < -0.3 is 28.7 Å². The second-order valence-electron chi connectivity index (χ2n) is 9.99. The first-order valence-electron chi connectivity index (χ1n) is 13.8. The number of fused-ring (bicyclic) bond motifs is 1. The molecule has 0 N–H and O–H groups in total. The van der Waals surface area contributed by atoms with Crippen LogP contribution in [0.1, 0.15) is 17.5 Å². The van der Waals surface area contributed by atoms with Crippen molar-refractivity contribution in [2.45, 2.75) is 6.42 Å². The monoisotopic (exact) mass is 652 g/mol. The Bertz CT molecular complexity index is 1630. The molecule has 0 atom stereocenters. The average molecular weight is 653 g/mol. The van der Waals surface area contributed by atoms with E-state index in [1.807, 2.05) is 23.1 Å². The van der Waals surface area contributed by atoms with E-state index in [4.69, 9.17) is 31.2 Å². The molecule has 2 aromatic carbocycles. The van der Waals surface area contributed by atoms with Crippen LogP contribution in [-0.2, 0) is 14.4 Å². The SMILES string of the molecule is COc1ccc(/C=C2/SC(N3CCN(C(=O)CCN4C(=O)/C(=C/c5ccc6c(c5)OCO6)SC4=S)CC3)=NC2=O)cc1OC. The highest BCUT2D eigenvalue weighted by atomic mass is 32.2. The lowest BCUT2D eigenvalue weighted by atomic mass is 10.2. The number of amidine groups is 1. The molecule has 4 aliphatic rings. The van der Waals surface area contributed by atoms with Crippen molar-refractivity contribution in [2.24, 2.45) is 4.99 Å². The third-order valence-corrected chi connectivity index (χ3v) is 9.76. The van der Waals surface area contributed by atoms with Crippen LogP contribution in [0.2, 0.25) is 0 Å². The molecule has 0 aromatic heterocycles. The Balaban J connectivity index is 0.995. The first kappa shape index (κ1) is 30.0. The second-order valence-corrected chi connectivity index (χ2v) is 12.7. The number of rotatable bonds is 7. The van der Waals surface area contributed by atoms with E-state index < -0.39 is 0 Å². The minimum atomic E-state index is -0.297. The van der Waals surface area contributed by atoms with Crippen molar-refractivity contribution in [3.63, 3.8) is 0 Å². The molecule has 0 aliphatic carbocycles. The Morgan fingerprint density at radius 1 is 0.932 bits per heavy atom. The van der Waals surface area contributed by atoms with Gasteiger partial charge in [-0.1, -0.05) is 36.1 Å². The lowest BCUT2D eigenvalue weighted by Crippen LogP contribution is -2.50. The topological polar surface area (TPSA) is 110 Å². The molecule has 2 saturated heterocycles. The Hall–Kier alpha value is -4.01. The van der Waals surface area contributed by atoms with Crippen molar-refractivity contribution in [1.29, 1.82) is 0 Å². The van der Waals surface area contributed by atoms with E-state index in [1.54, 1.807) is 49.5 Å². The summed E-state index contributed by atoms with van der Waals surface area (Å²) in [6.45, 7) is 2.47. The summed E-state index contributed by atoms with van der Waals surface area (Å²) >= 11 is 7.99. The normalized spacial score (nSPS) is 19.8. The van der Waals surface area contributed by atoms with E-state index in [0.717, 1.165) is 11.1 Å².